The van der Waals surface area contributed by atoms with Crippen LogP contribution in [0.15, 0.2) is 40.1 Å². The highest BCUT2D eigenvalue weighted by Gasteiger charge is 2.21. The zero-order valence-corrected chi connectivity index (χ0v) is 15.9. The molecule has 0 spiro atoms. The predicted molar refractivity (Wildman–Crippen MR) is 100 cm³/mol. The quantitative estimate of drug-likeness (QED) is 0.493. The van der Waals surface area contributed by atoms with Gasteiger partial charge in [0.1, 0.15) is 6.61 Å². The van der Waals surface area contributed by atoms with E-state index in [1.807, 2.05) is 24.4 Å². The first-order valence-corrected chi connectivity index (χ1v) is 9.23. The summed E-state index contributed by atoms with van der Waals surface area (Å²) in [5, 5.41) is 11.7. The Morgan fingerprint density at radius 1 is 1.40 bits per heavy atom. The van der Waals surface area contributed by atoms with E-state index in [4.69, 9.17) is 4.74 Å². The molecule has 0 saturated heterocycles. The average Bonchev–Trinajstić information content (AvgIpc) is 3.11. The van der Waals surface area contributed by atoms with Gasteiger partial charge in [-0.15, -0.1) is 0 Å². The van der Waals surface area contributed by atoms with Crippen LogP contribution in [0, 0.1) is 0 Å². The molecule has 25 heavy (non-hydrogen) atoms. The number of benzene rings is 1. The summed E-state index contributed by atoms with van der Waals surface area (Å²) in [6.45, 7) is 6.53. The van der Waals surface area contributed by atoms with Crippen LogP contribution in [0.1, 0.15) is 50.7 Å². The number of anilines is 1. The molecule has 1 amide bonds. The maximum absolute atomic E-state index is 12.5. The highest BCUT2D eigenvalue weighted by Crippen LogP contribution is 2.31. The minimum absolute atomic E-state index is 0.0792. The Hall–Kier alpha value is -2.28. The van der Waals surface area contributed by atoms with E-state index in [1.165, 1.54) is 16.3 Å². The molecule has 0 aliphatic heterocycles. The van der Waals surface area contributed by atoms with E-state index in [2.05, 4.69) is 35.2 Å². The van der Waals surface area contributed by atoms with Gasteiger partial charge in [-0.05, 0) is 24.0 Å². The fourth-order valence-corrected chi connectivity index (χ4v) is 3.03. The van der Waals surface area contributed by atoms with Crippen LogP contribution in [0.3, 0.4) is 0 Å². The molecule has 0 saturated carbocycles. The van der Waals surface area contributed by atoms with Crippen molar-refractivity contribution in [1.82, 2.24) is 4.98 Å². The number of carbonyl (C=O) groups excluding carboxylic acids is 1. The van der Waals surface area contributed by atoms with Gasteiger partial charge in [0.05, 0.1) is 12.7 Å². The SMILES string of the molecule is CCCC(=O)N(/N=N\C)c1cccc(C(C)C)c1COc1nccs1. The zero-order chi connectivity index (χ0) is 18.2. The normalized spacial score (nSPS) is 11.2. The molecule has 1 aromatic heterocycles. The molecule has 0 radical (unpaired) electrons. The highest BCUT2D eigenvalue weighted by atomic mass is 32.1. The summed E-state index contributed by atoms with van der Waals surface area (Å²) < 4.78 is 5.83. The second kappa shape index (κ2) is 9.27. The Morgan fingerprint density at radius 3 is 2.80 bits per heavy atom. The van der Waals surface area contributed by atoms with Crippen molar-refractivity contribution >= 4 is 22.9 Å². The third kappa shape index (κ3) is 4.85. The molecule has 6 nitrogen and oxygen atoms in total. The summed E-state index contributed by atoms with van der Waals surface area (Å²) in [5.74, 6) is 0.209. The lowest BCUT2D eigenvalue weighted by Gasteiger charge is -2.22. The summed E-state index contributed by atoms with van der Waals surface area (Å²) in [7, 11) is 1.56. The van der Waals surface area contributed by atoms with Crippen LogP contribution < -0.4 is 9.75 Å². The predicted octanol–water partition coefficient (Wildman–Crippen LogP) is 4.98. The van der Waals surface area contributed by atoms with Crippen molar-refractivity contribution in [2.75, 3.05) is 12.1 Å². The Kier molecular flexibility index (Phi) is 7.06. The second-order valence-corrected chi connectivity index (χ2v) is 6.69. The third-order valence-corrected chi connectivity index (χ3v) is 4.35. The van der Waals surface area contributed by atoms with E-state index >= 15 is 0 Å². The van der Waals surface area contributed by atoms with Crippen molar-refractivity contribution in [1.29, 1.82) is 0 Å². The Morgan fingerprint density at radius 2 is 2.20 bits per heavy atom. The number of hydrogen-bond donors (Lipinski definition) is 0. The smallest absolute Gasteiger partial charge is 0.273 e. The van der Waals surface area contributed by atoms with E-state index in [9.17, 15) is 4.79 Å². The van der Waals surface area contributed by atoms with Gasteiger partial charge < -0.3 is 4.74 Å². The van der Waals surface area contributed by atoms with Gasteiger partial charge in [0.15, 0.2) is 0 Å². The number of rotatable bonds is 8. The lowest BCUT2D eigenvalue weighted by molar-refractivity contribution is -0.118. The minimum atomic E-state index is -0.0792. The van der Waals surface area contributed by atoms with Crippen LogP contribution in [0.2, 0.25) is 0 Å². The van der Waals surface area contributed by atoms with Gasteiger partial charge in [-0.2, -0.15) is 10.1 Å². The first kappa shape index (κ1) is 19.1. The number of carbonyl (C=O) groups is 1. The molecule has 0 atom stereocenters. The molecule has 0 bridgehead atoms. The van der Waals surface area contributed by atoms with Crippen LogP contribution in [-0.4, -0.2) is 17.9 Å². The van der Waals surface area contributed by atoms with Crippen LogP contribution in [0.25, 0.3) is 0 Å². The van der Waals surface area contributed by atoms with Gasteiger partial charge in [-0.3, -0.25) is 4.79 Å². The van der Waals surface area contributed by atoms with Crippen molar-refractivity contribution in [2.24, 2.45) is 10.3 Å². The summed E-state index contributed by atoms with van der Waals surface area (Å²) in [6, 6.07) is 5.88. The van der Waals surface area contributed by atoms with E-state index in [0.29, 0.717) is 23.9 Å². The maximum Gasteiger partial charge on any atom is 0.273 e. The Bertz CT molecular complexity index is 714. The Balaban J connectivity index is 2.43. The molecule has 1 heterocycles. The first-order valence-electron chi connectivity index (χ1n) is 8.35. The molecule has 2 aromatic rings. The zero-order valence-electron chi connectivity index (χ0n) is 15.1. The molecule has 0 aliphatic carbocycles. The Labute approximate surface area is 152 Å². The van der Waals surface area contributed by atoms with Crippen molar-refractivity contribution in [2.45, 2.75) is 46.1 Å². The first-order chi connectivity index (χ1) is 12.1. The fourth-order valence-electron chi connectivity index (χ4n) is 2.55. The van der Waals surface area contributed by atoms with E-state index in [1.54, 1.807) is 13.2 Å². The number of amides is 1. The fraction of sp³-hybridized carbons (Fsp3) is 0.444. The van der Waals surface area contributed by atoms with Gasteiger partial charge in [-0.25, -0.2) is 4.98 Å². The number of thiazole rings is 1. The highest BCUT2D eigenvalue weighted by molar-refractivity contribution is 7.11. The number of aromatic nitrogens is 1. The lowest BCUT2D eigenvalue weighted by Crippen LogP contribution is -2.26. The molecule has 0 aliphatic rings. The van der Waals surface area contributed by atoms with E-state index < -0.39 is 0 Å². The van der Waals surface area contributed by atoms with Crippen molar-refractivity contribution in [3.63, 3.8) is 0 Å². The van der Waals surface area contributed by atoms with Crippen LogP contribution in [0.5, 0.6) is 5.19 Å². The summed E-state index contributed by atoms with van der Waals surface area (Å²) in [4.78, 5) is 16.7. The number of ether oxygens (including phenoxy) is 1. The van der Waals surface area contributed by atoms with Crippen molar-refractivity contribution in [3.8, 4) is 5.19 Å². The molecule has 0 unspecified atom stereocenters. The minimum Gasteiger partial charge on any atom is -0.465 e. The molecule has 0 N–H and O–H groups in total. The molecule has 0 fully saturated rings. The largest absolute Gasteiger partial charge is 0.465 e. The number of hydrogen-bond acceptors (Lipinski definition) is 6. The lowest BCUT2D eigenvalue weighted by atomic mass is 9.96. The van der Waals surface area contributed by atoms with Gasteiger partial charge in [-0.1, -0.05) is 49.5 Å². The average molecular weight is 360 g/mol. The number of nitrogens with zero attached hydrogens (tertiary/aromatic N) is 4. The van der Waals surface area contributed by atoms with E-state index in [0.717, 1.165) is 17.5 Å². The molecule has 7 heteroatoms. The van der Waals surface area contributed by atoms with Crippen LogP contribution in [-0.2, 0) is 11.4 Å². The van der Waals surface area contributed by atoms with E-state index in [-0.39, 0.29) is 11.8 Å². The standard InChI is InChI=1S/C18H24N4O2S/c1-5-7-17(23)22(21-19-4)16-9-6-8-14(13(2)3)15(16)12-24-18-20-10-11-25-18/h6,8-11,13H,5,7,12H2,1-4H3/b21-19-. The topological polar surface area (TPSA) is 67.2 Å². The monoisotopic (exact) mass is 360 g/mol. The second-order valence-electron chi connectivity index (χ2n) is 5.83. The third-order valence-electron chi connectivity index (χ3n) is 3.67. The van der Waals surface area contributed by atoms with Gasteiger partial charge in [0, 0.05) is 23.6 Å². The summed E-state index contributed by atoms with van der Waals surface area (Å²) >= 11 is 1.44. The molecular weight excluding hydrogens is 336 g/mol. The van der Waals surface area contributed by atoms with Crippen LogP contribution >= 0.6 is 11.3 Å². The summed E-state index contributed by atoms with van der Waals surface area (Å²) in [5.41, 5.74) is 2.77. The maximum atomic E-state index is 12.5. The van der Waals surface area contributed by atoms with Crippen molar-refractivity contribution < 1.29 is 9.53 Å². The molecular formula is C18H24N4O2S. The van der Waals surface area contributed by atoms with Gasteiger partial charge >= 0.3 is 0 Å². The molecule has 1 aromatic carbocycles. The molecule has 134 valence electrons. The van der Waals surface area contributed by atoms with Crippen molar-refractivity contribution in [3.05, 3.63) is 40.9 Å². The summed E-state index contributed by atoms with van der Waals surface area (Å²) in [6.07, 6.45) is 2.87. The van der Waals surface area contributed by atoms with Gasteiger partial charge in [0.2, 0.25) is 5.91 Å². The van der Waals surface area contributed by atoms with Crippen LogP contribution in [0.4, 0.5) is 5.69 Å². The molecule has 2 rings (SSSR count). The van der Waals surface area contributed by atoms with Gasteiger partial charge in [0.25, 0.3) is 5.19 Å².